The number of likely N-dealkylation sites (tertiary alicyclic amines) is 1. The predicted molar refractivity (Wildman–Crippen MR) is 96.9 cm³/mol. The van der Waals surface area contributed by atoms with Crippen LogP contribution in [-0.2, 0) is 0 Å². The molecule has 0 amide bonds. The van der Waals surface area contributed by atoms with Crippen molar-refractivity contribution in [3.8, 4) is 0 Å². The summed E-state index contributed by atoms with van der Waals surface area (Å²) in [7, 11) is 0. The first-order chi connectivity index (χ1) is 9.34. The minimum absolute atomic E-state index is 0. The fourth-order valence-electron chi connectivity index (χ4n) is 2.36. The zero-order chi connectivity index (χ0) is 13.3. The van der Waals surface area contributed by atoms with Crippen molar-refractivity contribution in [3.63, 3.8) is 0 Å². The van der Waals surface area contributed by atoms with Crippen molar-refractivity contribution in [1.82, 2.24) is 4.90 Å². The van der Waals surface area contributed by atoms with Crippen molar-refractivity contribution in [1.29, 1.82) is 0 Å². The summed E-state index contributed by atoms with van der Waals surface area (Å²) in [4.78, 5) is 6.89. The normalized spacial score (nSPS) is 15.9. The van der Waals surface area contributed by atoms with Gasteiger partial charge in [0.2, 0.25) is 0 Å². The Hall–Kier alpha value is -0.820. The smallest absolute Gasteiger partial charge is 0.193 e. The Morgan fingerprint density at radius 1 is 1.15 bits per heavy atom. The van der Waals surface area contributed by atoms with Gasteiger partial charge in [0, 0.05) is 12.2 Å². The van der Waals surface area contributed by atoms with Gasteiger partial charge in [-0.2, -0.15) is 0 Å². The van der Waals surface area contributed by atoms with Crippen LogP contribution in [0.5, 0.6) is 0 Å². The number of halogens is 1. The van der Waals surface area contributed by atoms with E-state index < -0.39 is 0 Å². The van der Waals surface area contributed by atoms with Gasteiger partial charge < -0.3 is 16.0 Å². The highest BCUT2D eigenvalue weighted by Crippen LogP contribution is 2.08. The molecule has 1 heterocycles. The predicted octanol–water partition coefficient (Wildman–Crippen LogP) is 2.91. The lowest BCUT2D eigenvalue weighted by atomic mass is 10.3. The van der Waals surface area contributed by atoms with Crippen LogP contribution in [0.4, 0.5) is 5.69 Å². The van der Waals surface area contributed by atoms with Crippen LogP contribution in [0.15, 0.2) is 35.3 Å². The molecule has 1 aliphatic heterocycles. The SMILES string of the molecule is I.NC(=NCCCCN1CCCC1)Nc1ccccc1. The highest BCUT2D eigenvalue weighted by molar-refractivity contribution is 14.0. The number of benzene rings is 1. The second-order valence-electron chi connectivity index (χ2n) is 5.01. The number of nitrogens with zero attached hydrogens (tertiary/aromatic N) is 2. The van der Waals surface area contributed by atoms with Crippen LogP contribution < -0.4 is 11.1 Å². The van der Waals surface area contributed by atoms with E-state index in [9.17, 15) is 0 Å². The van der Waals surface area contributed by atoms with Gasteiger partial charge in [-0.1, -0.05) is 18.2 Å². The average Bonchev–Trinajstić information content (AvgIpc) is 2.92. The van der Waals surface area contributed by atoms with Crippen LogP contribution in [0.2, 0.25) is 0 Å². The Balaban J connectivity index is 0.00000200. The van der Waals surface area contributed by atoms with E-state index in [1.54, 1.807) is 0 Å². The van der Waals surface area contributed by atoms with E-state index >= 15 is 0 Å². The molecule has 0 spiro atoms. The molecule has 3 N–H and O–H groups in total. The molecule has 1 aromatic carbocycles. The van der Waals surface area contributed by atoms with E-state index in [0.717, 1.165) is 18.7 Å². The second kappa shape index (κ2) is 9.99. The molecule has 1 saturated heterocycles. The number of unbranched alkanes of at least 4 members (excludes halogenated alkanes) is 1. The lowest BCUT2D eigenvalue weighted by molar-refractivity contribution is 0.331. The molecule has 1 fully saturated rings. The summed E-state index contributed by atoms with van der Waals surface area (Å²) >= 11 is 0. The van der Waals surface area contributed by atoms with Crippen molar-refractivity contribution >= 4 is 35.6 Å². The lowest BCUT2D eigenvalue weighted by Crippen LogP contribution is -2.23. The number of hydrogen-bond acceptors (Lipinski definition) is 2. The molecule has 0 unspecified atom stereocenters. The van der Waals surface area contributed by atoms with Gasteiger partial charge in [-0.3, -0.25) is 4.99 Å². The molecule has 2 rings (SSSR count). The third-order valence-electron chi connectivity index (χ3n) is 3.41. The van der Waals surface area contributed by atoms with Gasteiger partial charge in [0.05, 0.1) is 0 Å². The lowest BCUT2D eigenvalue weighted by Gasteiger charge is -2.13. The van der Waals surface area contributed by atoms with Crippen LogP contribution in [0.25, 0.3) is 0 Å². The van der Waals surface area contributed by atoms with Crippen LogP contribution >= 0.6 is 24.0 Å². The minimum atomic E-state index is 0. The zero-order valence-corrected chi connectivity index (χ0v) is 14.3. The molecule has 1 aromatic rings. The molecule has 112 valence electrons. The van der Waals surface area contributed by atoms with Crippen molar-refractivity contribution in [2.45, 2.75) is 25.7 Å². The maximum Gasteiger partial charge on any atom is 0.193 e. The quantitative estimate of drug-likeness (QED) is 0.341. The number of guanidine groups is 1. The fraction of sp³-hybridized carbons (Fsp3) is 0.533. The molecular weight excluding hydrogens is 363 g/mol. The number of nitrogens with one attached hydrogen (secondary N) is 1. The first-order valence-electron chi connectivity index (χ1n) is 7.19. The van der Waals surface area contributed by atoms with E-state index in [-0.39, 0.29) is 24.0 Å². The van der Waals surface area contributed by atoms with Gasteiger partial charge in [-0.05, 0) is 57.5 Å². The second-order valence-corrected chi connectivity index (χ2v) is 5.01. The van der Waals surface area contributed by atoms with Crippen LogP contribution in [-0.4, -0.2) is 37.0 Å². The summed E-state index contributed by atoms with van der Waals surface area (Å²) in [5.41, 5.74) is 6.83. The summed E-state index contributed by atoms with van der Waals surface area (Å²) in [6, 6.07) is 9.90. The molecular formula is C15H25IN4. The van der Waals surface area contributed by atoms with E-state index in [4.69, 9.17) is 5.73 Å². The largest absolute Gasteiger partial charge is 0.370 e. The highest BCUT2D eigenvalue weighted by Gasteiger charge is 2.09. The monoisotopic (exact) mass is 388 g/mol. The Morgan fingerprint density at radius 3 is 2.55 bits per heavy atom. The Kier molecular flexibility index (Phi) is 8.60. The molecule has 20 heavy (non-hydrogen) atoms. The maximum absolute atomic E-state index is 5.84. The summed E-state index contributed by atoms with van der Waals surface area (Å²) < 4.78 is 0. The number of para-hydroxylation sites is 1. The van der Waals surface area contributed by atoms with Gasteiger partial charge in [0.15, 0.2) is 5.96 Å². The molecule has 0 aliphatic carbocycles. The molecule has 5 heteroatoms. The van der Waals surface area contributed by atoms with Crippen LogP contribution in [0, 0.1) is 0 Å². The van der Waals surface area contributed by atoms with E-state index in [2.05, 4.69) is 15.2 Å². The Bertz CT molecular complexity index is 388. The minimum Gasteiger partial charge on any atom is -0.370 e. The molecule has 0 radical (unpaired) electrons. The maximum atomic E-state index is 5.84. The third-order valence-corrected chi connectivity index (χ3v) is 3.41. The molecule has 1 aliphatic rings. The number of rotatable bonds is 6. The van der Waals surface area contributed by atoms with Crippen molar-refractivity contribution in [2.75, 3.05) is 31.5 Å². The Morgan fingerprint density at radius 2 is 1.85 bits per heavy atom. The van der Waals surface area contributed by atoms with Gasteiger partial charge in [-0.15, -0.1) is 24.0 Å². The highest BCUT2D eigenvalue weighted by atomic mass is 127. The molecule has 0 atom stereocenters. The first-order valence-corrected chi connectivity index (χ1v) is 7.19. The summed E-state index contributed by atoms with van der Waals surface area (Å²) in [5, 5.41) is 3.09. The molecule has 0 bridgehead atoms. The molecule has 4 nitrogen and oxygen atoms in total. The number of nitrogens with two attached hydrogens (primary N) is 1. The van der Waals surface area contributed by atoms with Crippen LogP contribution in [0.1, 0.15) is 25.7 Å². The summed E-state index contributed by atoms with van der Waals surface area (Å²) in [6.45, 7) is 4.57. The number of anilines is 1. The fourth-order valence-corrected chi connectivity index (χ4v) is 2.36. The van der Waals surface area contributed by atoms with Crippen molar-refractivity contribution in [3.05, 3.63) is 30.3 Å². The van der Waals surface area contributed by atoms with E-state index in [1.165, 1.54) is 38.9 Å². The average molecular weight is 388 g/mol. The third kappa shape index (κ3) is 6.56. The first kappa shape index (κ1) is 17.2. The Labute approximate surface area is 138 Å². The van der Waals surface area contributed by atoms with Gasteiger partial charge in [-0.25, -0.2) is 0 Å². The van der Waals surface area contributed by atoms with Crippen LogP contribution in [0.3, 0.4) is 0 Å². The van der Waals surface area contributed by atoms with Crippen molar-refractivity contribution in [2.24, 2.45) is 10.7 Å². The molecule has 0 saturated carbocycles. The van der Waals surface area contributed by atoms with Gasteiger partial charge in [0.25, 0.3) is 0 Å². The summed E-state index contributed by atoms with van der Waals surface area (Å²) in [5.74, 6) is 0.507. The van der Waals surface area contributed by atoms with E-state index in [1.807, 2.05) is 30.3 Å². The van der Waals surface area contributed by atoms with Gasteiger partial charge >= 0.3 is 0 Å². The number of hydrogen-bond donors (Lipinski definition) is 2. The van der Waals surface area contributed by atoms with Crippen molar-refractivity contribution < 1.29 is 0 Å². The number of aliphatic imine (C=N–C) groups is 1. The topological polar surface area (TPSA) is 53.6 Å². The van der Waals surface area contributed by atoms with E-state index in [0.29, 0.717) is 5.96 Å². The van der Waals surface area contributed by atoms with Gasteiger partial charge in [0.1, 0.15) is 0 Å². The standard InChI is InChI=1S/C15H24N4.HI/c16-15(18-14-8-2-1-3-9-14)17-10-4-5-11-19-12-6-7-13-19;/h1-3,8-9H,4-7,10-13H2,(H3,16,17,18);1H. The summed E-state index contributed by atoms with van der Waals surface area (Å²) in [6.07, 6.45) is 5.05. The zero-order valence-electron chi connectivity index (χ0n) is 11.9. The molecule has 0 aromatic heterocycles.